The summed E-state index contributed by atoms with van der Waals surface area (Å²) in [6.45, 7) is 14.7. The van der Waals surface area contributed by atoms with Gasteiger partial charge in [-0.3, -0.25) is 0 Å². The van der Waals surface area contributed by atoms with Gasteiger partial charge in [-0.05, 0) is 31.0 Å². The van der Waals surface area contributed by atoms with Crippen molar-refractivity contribution < 1.29 is 4.74 Å². The summed E-state index contributed by atoms with van der Waals surface area (Å²) >= 11 is 0. The molecule has 1 rings (SSSR count). The minimum Gasteiger partial charge on any atom is -0.494 e. The number of hydrogen-bond donors (Lipinski definition) is 1. The molecule has 0 aliphatic heterocycles. The highest BCUT2D eigenvalue weighted by Gasteiger charge is 2.21. The Morgan fingerprint density at radius 1 is 1.28 bits per heavy atom. The predicted octanol–water partition coefficient (Wildman–Crippen LogP) is 3.67. The highest BCUT2D eigenvalue weighted by molar-refractivity contribution is 5.39. The lowest BCUT2D eigenvalue weighted by Gasteiger charge is -2.27. The average molecular weight is 249 g/mol. The van der Waals surface area contributed by atoms with Gasteiger partial charge in [0, 0.05) is 18.0 Å². The third-order valence-corrected chi connectivity index (χ3v) is 3.21. The van der Waals surface area contributed by atoms with Crippen molar-refractivity contribution in [1.29, 1.82) is 0 Å². The van der Waals surface area contributed by atoms with Crippen LogP contribution in [0, 0.1) is 6.92 Å². The Morgan fingerprint density at radius 2 is 1.94 bits per heavy atom. The van der Waals surface area contributed by atoms with Crippen LogP contribution in [0.25, 0.3) is 0 Å². The van der Waals surface area contributed by atoms with Crippen LogP contribution in [0.4, 0.5) is 0 Å². The summed E-state index contributed by atoms with van der Waals surface area (Å²) in [4.78, 5) is 0. The van der Waals surface area contributed by atoms with E-state index < -0.39 is 0 Å². The Hall–Kier alpha value is -1.02. The third kappa shape index (κ3) is 4.02. The molecule has 0 aliphatic rings. The molecular weight excluding hydrogens is 222 g/mol. The van der Waals surface area contributed by atoms with Crippen LogP contribution in [0.2, 0.25) is 0 Å². The second kappa shape index (κ2) is 6.24. The van der Waals surface area contributed by atoms with Gasteiger partial charge in [-0.25, -0.2) is 0 Å². The number of nitrogens with one attached hydrogen (secondary N) is 1. The highest BCUT2D eigenvalue weighted by Crippen LogP contribution is 2.27. The van der Waals surface area contributed by atoms with E-state index in [0.29, 0.717) is 6.04 Å². The summed E-state index contributed by atoms with van der Waals surface area (Å²) in [6, 6.07) is 7.03. The van der Waals surface area contributed by atoms with Gasteiger partial charge in [-0.2, -0.15) is 0 Å². The van der Waals surface area contributed by atoms with E-state index in [1.165, 1.54) is 11.1 Å². The van der Waals surface area contributed by atoms with E-state index in [0.717, 1.165) is 18.9 Å². The number of benzene rings is 1. The van der Waals surface area contributed by atoms with E-state index in [1.54, 1.807) is 0 Å². The number of ether oxygens (including phenoxy) is 1. The van der Waals surface area contributed by atoms with Gasteiger partial charge >= 0.3 is 0 Å². The Labute approximate surface area is 112 Å². The summed E-state index contributed by atoms with van der Waals surface area (Å²) in [5.41, 5.74) is 2.71. The molecule has 0 fully saturated rings. The van der Waals surface area contributed by atoms with Crippen LogP contribution in [-0.4, -0.2) is 19.2 Å². The molecule has 0 aliphatic carbocycles. The van der Waals surface area contributed by atoms with E-state index in [4.69, 9.17) is 4.74 Å². The molecule has 0 heterocycles. The van der Waals surface area contributed by atoms with Crippen LogP contribution in [0.3, 0.4) is 0 Å². The normalized spacial score (nSPS) is 11.9. The molecule has 0 saturated carbocycles. The summed E-state index contributed by atoms with van der Waals surface area (Å²) < 4.78 is 5.59. The number of aryl methyl sites for hydroxylation is 1. The lowest BCUT2D eigenvalue weighted by molar-refractivity contribution is 0.337. The molecule has 0 bridgehead atoms. The van der Waals surface area contributed by atoms with Gasteiger partial charge < -0.3 is 10.1 Å². The lowest BCUT2D eigenvalue weighted by atomic mass is 9.83. The van der Waals surface area contributed by atoms with Crippen LogP contribution in [0.5, 0.6) is 5.75 Å². The molecule has 18 heavy (non-hydrogen) atoms. The largest absolute Gasteiger partial charge is 0.494 e. The molecule has 1 aromatic rings. The quantitative estimate of drug-likeness (QED) is 0.830. The van der Waals surface area contributed by atoms with Gasteiger partial charge in [0.25, 0.3) is 0 Å². The van der Waals surface area contributed by atoms with E-state index in [9.17, 15) is 0 Å². The fraction of sp³-hybridized carbons (Fsp3) is 0.625. The molecule has 0 spiro atoms. The maximum atomic E-state index is 5.59. The Bertz CT molecular complexity index is 383. The maximum absolute atomic E-state index is 5.59. The van der Waals surface area contributed by atoms with Crippen molar-refractivity contribution in [2.75, 3.05) is 13.2 Å². The van der Waals surface area contributed by atoms with Crippen molar-refractivity contribution in [2.45, 2.75) is 53.0 Å². The van der Waals surface area contributed by atoms with Gasteiger partial charge in [0.15, 0.2) is 0 Å². The first-order valence-corrected chi connectivity index (χ1v) is 6.84. The maximum Gasteiger partial charge on any atom is 0.122 e. The molecule has 1 aromatic carbocycles. The van der Waals surface area contributed by atoms with E-state index in [2.05, 4.69) is 58.1 Å². The second-order valence-electron chi connectivity index (χ2n) is 5.83. The highest BCUT2D eigenvalue weighted by atomic mass is 16.5. The molecular formula is C16H27NO. The van der Waals surface area contributed by atoms with E-state index in [-0.39, 0.29) is 5.41 Å². The minimum atomic E-state index is 0.139. The molecule has 0 amide bonds. The Kier molecular flexibility index (Phi) is 5.21. The van der Waals surface area contributed by atoms with Gasteiger partial charge in [-0.1, -0.05) is 39.8 Å². The van der Waals surface area contributed by atoms with Crippen LogP contribution >= 0.6 is 0 Å². The minimum absolute atomic E-state index is 0.139. The fourth-order valence-electron chi connectivity index (χ4n) is 1.95. The zero-order valence-electron chi connectivity index (χ0n) is 12.6. The first kappa shape index (κ1) is 15.0. The zero-order chi connectivity index (χ0) is 13.8. The predicted molar refractivity (Wildman–Crippen MR) is 78.5 cm³/mol. The number of hydrogen-bond acceptors (Lipinski definition) is 2. The lowest BCUT2D eigenvalue weighted by Crippen LogP contribution is -2.36. The van der Waals surface area contributed by atoms with Crippen molar-refractivity contribution in [3.05, 3.63) is 29.3 Å². The SMILES string of the molecule is CCOc1ccc(C(C)(C)CNC(C)C)cc1C. The number of rotatable bonds is 6. The Morgan fingerprint density at radius 3 is 2.44 bits per heavy atom. The molecule has 0 saturated heterocycles. The molecule has 0 radical (unpaired) electrons. The van der Waals surface area contributed by atoms with Crippen LogP contribution in [0.15, 0.2) is 18.2 Å². The smallest absolute Gasteiger partial charge is 0.122 e. The summed E-state index contributed by atoms with van der Waals surface area (Å²) in [5.74, 6) is 0.994. The second-order valence-corrected chi connectivity index (χ2v) is 5.83. The molecule has 1 N–H and O–H groups in total. The topological polar surface area (TPSA) is 21.3 Å². The average Bonchev–Trinajstić information content (AvgIpc) is 2.29. The monoisotopic (exact) mass is 249 g/mol. The van der Waals surface area contributed by atoms with Crippen LogP contribution < -0.4 is 10.1 Å². The molecule has 2 nitrogen and oxygen atoms in total. The van der Waals surface area contributed by atoms with Crippen molar-refractivity contribution in [3.63, 3.8) is 0 Å². The fourth-order valence-corrected chi connectivity index (χ4v) is 1.95. The third-order valence-electron chi connectivity index (χ3n) is 3.21. The summed E-state index contributed by atoms with van der Waals surface area (Å²) in [6.07, 6.45) is 0. The summed E-state index contributed by atoms with van der Waals surface area (Å²) in [5, 5.41) is 3.51. The van der Waals surface area contributed by atoms with Gasteiger partial charge in [-0.15, -0.1) is 0 Å². The first-order valence-electron chi connectivity index (χ1n) is 6.84. The Balaban J connectivity index is 2.85. The van der Waals surface area contributed by atoms with Gasteiger partial charge in [0.1, 0.15) is 5.75 Å². The van der Waals surface area contributed by atoms with E-state index >= 15 is 0 Å². The van der Waals surface area contributed by atoms with Crippen molar-refractivity contribution in [3.8, 4) is 5.75 Å². The van der Waals surface area contributed by atoms with Gasteiger partial charge in [0.05, 0.1) is 6.61 Å². The van der Waals surface area contributed by atoms with Crippen LogP contribution in [0.1, 0.15) is 45.7 Å². The molecule has 0 unspecified atom stereocenters. The molecule has 2 heteroatoms. The standard InChI is InChI=1S/C16H27NO/c1-7-18-15-9-8-14(10-13(15)4)16(5,6)11-17-12(2)3/h8-10,12,17H,7,11H2,1-6H3. The van der Waals surface area contributed by atoms with Crippen molar-refractivity contribution in [2.24, 2.45) is 0 Å². The van der Waals surface area contributed by atoms with Crippen molar-refractivity contribution >= 4 is 0 Å². The van der Waals surface area contributed by atoms with Crippen LogP contribution in [-0.2, 0) is 5.41 Å². The molecule has 102 valence electrons. The summed E-state index contributed by atoms with van der Waals surface area (Å²) in [7, 11) is 0. The zero-order valence-corrected chi connectivity index (χ0v) is 12.6. The van der Waals surface area contributed by atoms with Gasteiger partial charge in [0.2, 0.25) is 0 Å². The first-order chi connectivity index (χ1) is 8.36. The molecule has 0 atom stereocenters. The van der Waals surface area contributed by atoms with Crippen molar-refractivity contribution in [1.82, 2.24) is 5.32 Å². The van der Waals surface area contributed by atoms with E-state index in [1.807, 2.05) is 6.92 Å². The molecule has 0 aromatic heterocycles.